The second-order valence-electron chi connectivity index (χ2n) is 5.46. The van der Waals surface area contributed by atoms with Crippen LogP contribution in [-0.4, -0.2) is 0 Å². The van der Waals surface area contributed by atoms with E-state index in [-0.39, 0.29) is 0 Å². The monoisotopic (exact) mass is 150 g/mol. The average Bonchev–Trinajstić information content (AvgIpc) is 2.55. The van der Waals surface area contributed by atoms with Crippen LogP contribution in [0.2, 0.25) is 0 Å². The summed E-state index contributed by atoms with van der Waals surface area (Å²) in [6, 6.07) is 0. The fourth-order valence-electron chi connectivity index (χ4n) is 4.98. The Balaban J connectivity index is 2.06. The van der Waals surface area contributed by atoms with E-state index >= 15 is 0 Å². The van der Waals surface area contributed by atoms with Crippen molar-refractivity contribution < 1.29 is 0 Å². The average molecular weight is 150 g/mol. The SMILES string of the molecule is CC1C(C)C2(C)C3CCC12C3. The van der Waals surface area contributed by atoms with Gasteiger partial charge in [-0.3, -0.25) is 0 Å². The molecular weight excluding hydrogens is 132 g/mol. The van der Waals surface area contributed by atoms with E-state index < -0.39 is 0 Å². The predicted octanol–water partition coefficient (Wildman–Crippen LogP) is 3.08. The van der Waals surface area contributed by atoms with Crippen molar-refractivity contribution in [2.24, 2.45) is 28.6 Å². The van der Waals surface area contributed by atoms with Crippen molar-refractivity contribution in [3.8, 4) is 0 Å². The van der Waals surface area contributed by atoms with Gasteiger partial charge in [-0.1, -0.05) is 20.8 Å². The molecule has 4 saturated carbocycles. The van der Waals surface area contributed by atoms with Crippen molar-refractivity contribution in [1.29, 1.82) is 0 Å². The van der Waals surface area contributed by atoms with E-state index in [0.29, 0.717) is 0 Å². The predicted molar refractivity (Wildman–Crippen MR) is 46.2 cm³/mol. The maximum Gasteiger partial charge on any atom is -0.0207 e. The molecule has 0 amide bonds. The maximum absolute atomic E-state index is 2.55. The number of hydrogen-bond acceptors (Lipinski definition) is 0. The molecule has 0 aromatic carbocycles. The first kappa shape index (κ1) is 6.51. The fraction of sp³-hybridized carbons (Fsp3) is 1.00. The van der Waals surface area contributed by atoms with E-state index in [0.717, 1.165) is 28.6 Å². The lowest BCUT2D eigenvalue weighted by Gasteiger charge is -2.74. The summed E-state index contributed by atoms with van der Waals surface area (Å²) in [5, 5.41) is 0. The van der Waals surface area contributed by atoms with Gasteiger partial charge in [-0.05, 0) is 47.8 Å². The first-order chi connectivity index (χ1) is 5.13. The maximum atomic E-state index is 2.55. The van der Waals surface area contributed by atoms with Crippen molar-refractivity contribution in [2.75, 3.05) is 0 Å². The number of rotatable bonds is 0. The molecule has 0 aliphatic heterocycles. The van der Waals surface area contributed by atoms with E-state index in [1.807, 2.05) is 0 Å². The van der Waals surface area contributed by atoms with Crippen LogP contribution in [0.1, 0.15) is 40.0 Å². The van der Waals surface area contributed by atoms with Crippen molar-refractivity contribution in [1.82, 2.24) is 0 Å². The summed E-state index contributed by atoms with van der Waals surface area (Å²) in [5.74, 6) is 3.17. The van der Waals surface area contributed by atoms with Gasteiger partial charge in [0.05, 0.1) is 0 Å². The lowest BCUT2D eigenvalue weighted by atomic mass is 9.30. The zero-order valence-corrected chi connectivity index (χ0v) is 7.85. The van der Waals surface area contributed by atoms with Crippen LogP contribution in [-0.2, 0) is 0 Å². The Morgan fingerprint density at radius 3 is 2.45 bits per heavy atom. The Labute approximate surface area is 69.4 Å². The van der Waals surface area contributed by atoms with Crippen molar-refractivity contribution in [2.45, 2.75) is 40.0 Å². The molecule has 0 N–H and O–H groups in total. The Bertz CT molecular complexity index is 208. The quantitative estimate of drug-likeness (QED) is 0.498. The molecule has 0 heteroatoms. The lowest BCUT2D eigenvalue weighted by Crippen LogP contribution is -2.68. The molecule has 4 aliphatic carbocycles. The van der Waals surface area contributed by atoms with Crippen molar-refractivity contribution in [3.63, 3.8) is 0 Å². The summed E-state index contributed by atoms with van der Waals surface area (Å²) in [5.41, 5.74) is 1.64. The molecular formula is C11H18. The lowest BCUT2D eigenvalue weighted by molar-refractivity contribution is -0.264. The van der Waals surface area contributed by atoms with Gasteiger partial charge in [0.25, 0.3) is 0 Å². The van der Waals surface area contributed by atoms with Gasteiger partial charge in [0.1, 0.15) is 0 Å². The molecule has 0 aromatic rings. The van der Waals surface area contributed by atoms with Gasteiger partial charge in [0, 0.05) is 0 Å². The summed E-state index contributed by atoms with van der Waals surface area (Å²) in [4.78, 5) is 0. The smallest absolute Gasteiger partial charge is 0.0207 e. The Hall–Kier alpha value is 0. The minimum atomic E-state index is 0.798. The van der Waals surface area contributed by atoms with Crippen LogP contribution < -0.4 is 0 Å². The Morgan fingerprint density at radius 2 is 1.91 bits per heavy atom. The minimum Gasteiger partial charge on any atom is -0.0617 e. The van der Waals surface area contributed by atoms with Crippen molar-refractivity contribution >= 4 is 0 Å². The van der Waals surface area contributed by atoms with Crippen LogP contribution in [0.25, 0.3) is 0 Å². The van der Waals surface area contributed by atoms with Crippen LogP contribution in [0.5, 0.6) is 0 Å². The summed E-state index contributed by atoms with van der Waals surface area (Å²) < 4.78 is 0. The molecule has 2 bridgehead atoms. The first-order valence-corrected chi connectivity index (χ1v) is 5.13. The largest absolute Gasteiger partial charge is 0.0617 e. The molecule has 5 unspecified atom stereocenters. The Kier molecular flexibility index (Phi) is 0.832. The molecule has 4 aliphatic rings. The first-order valence-electron chi connectivity index (χ1n) is 5.13. The van der Waals surface area contributed by atoms with Gasteiger partial charge in [-0.2, -0.15) is 0 Å². The van der Waals surface area contributed by atoms with E-state index in [9.17, 15) is 0 Å². The zero-order valence-electron chi connectivity index (χ0n) is 7.85. The van der Waals surface area contributed by atoms with Crippen LogP contribution in [0, 0.1) is 28.6 Å². The fourth-order valence-corrected chi connectivity index (χ4v) is 4.98. The van der Waals surface area contributed by atoms with Gasteiger partial charge < -0.3 is 0 Å². The summed E-state index contributed by atoms with van der Waals surface area (Å²) in [6.07, 6.45) is 4.68. The third-order valence-electron chi connectivity index (χ3n) is 6.04. The van der Waals surface area contributed by atoms with Gasteiger partial charge >= 0.3 is 0 Å². The molecule has 1 spiro atoms. The molecule has 0 aromatic heterocycles. The standard InChI is InChI=1S/C11H18/c1-7-8(2)11-5-4-9(6-11)10(7,11)3/h7-9H,4-6H2,1-3H3. The molecule has 0 radical (unpaired) electrons. The van der Waals surface area contributed by atoms with E-state index in [1.165, 1.54) is 0 Å². The van der Waals surface area contributed by atoms with E-state index in [2.05, 4.69) is 20.8 Å². The minimum absolute atomic E-state index is 0.798. The molecule has 5 atom stereocenters. The van der Waals surface area contributed by atoms with Gasteiger partial charge in [-0.25, -0.2) is 0 Å². The third kappa shape index (κ3) is 0.363. The molecule has 11 heavy (non-hydrogen) atoms. The summed E-state index contributed by atoms with van der Waals surface area (Å²) >= 11 is 0. The highest BCUT2D eigenvalue weighted by Gasteiger charge is 2.78. The molecule has 0 heterocycles. The number of hydrogen-bond donors (Lipinski definition) is 0. The van der Waals surface area contributed by atoms with Crippen LogP contribution in [0.4, 0.5) is 0 Å². The van der Waals surface area contributed by atoms with Crippen LogP contribution in [0.15, 0.2) is 0 Å². The third-order valence-corrected chi connectivity index (χ3v) is 6.04. The molecule has 0 saturated heterocycles. The highest BCUT2D eigenvalue weighted by atomic mass is 14.8. The normalized spacial score (nSPS) is 71.7. The second-order valence-corrected chi connectivity index (χ2v) is 5.46. The van der Waals surface area contributed by atoms with Crippen LogP contribution >= 0.6 is 0 Å². The van der Waals surface area contributed by atoms with Gasteiger partial charge in [0.15, 0.2) is 0 Å². The van der Waals surface area contributed by atoms with Gasteiger partial charge in [-0.15, -0.1) is 0 Å². The highest BCUT2D eigenvalue weighted by molar-refractivity contribution is 5.26. The molecule has 0 nitrogen and oxygen atoms in total. The molecule has 4 rings (SSSR count). The summed E-state index contributed by atoms with van der Waals surface area (Å²) in [6.45, 7) is 7.51. The topological polar surface area (TPSA) is 0 Å². The van der Waals surface area contributed by atoms with Gasteiger partial charge in [0.2, 0.25) is 0 Å². The molecule has 62 valence electrons. The van der Waals surface area contributed by atoms with Crippen LogP contribution in [0.3, 0.4) is 0 Å². The van der Waals surface area contributed by atoms with E-state index in [4.69, 9.17) is 0 Å². The zero-order chi connectivity index (χ0) is 7.85. The highest BCUT2D eigenvalue weighted by Crippen LogP contribution is 2.85. The Morgan fingerprint density at radius 1 is 1.18 bits per heavy atom. The summed E-state index contributed by atoms with van der Waals surface area (Å²) in [7, 11) is 0. The molecule has 4 fully saturated rings. The van der Waals surface area contributed by atoms with Crippen molar-refractivity contribution in [3.05, 3.63) is 0 Å². The van der Waals surface area contributed by atoms with E-state index in [1.54, 1.807) is 19.3 Å². The number of fused-ring (bicyclic) bond motifs is 1. The second kappa shape index (κ2) is 1.41.